The molecule has 0 aliphatic heterocycles. The predicted molar refractivity (Wildman–Crippen MR) is 78.1 cm³/mol. The summed E-state index contributed by atoms with van der Waals surface area (Å²) in [7, 11) is 1.58. The van der Waals surface area contributed by atoms with E-state index < -0.39 is 0 Å². The van der Waals surface area contributed by atoms with Gasteiger partial charge in [-0.1, -0.05) is 12.1 Å². The molecule has 19 heavy (non-hydrogen) atoms. The van der Waals surface area contributed by atoms with Gasteiger partial charge >= 0.3 is 0 Å². The Balaban J connectivity index is 0.00000324. The van der Waals surface area contributed by atoms with E-state index in [1.54, 1.807) is 13.2 Å². The van der Waals surface area contributed by atoms with Crippen LogP contribution >= 0.6 is 12.4 Å². The summed E-state index contributed by atoms with van der Waals surface area (Å²) in [5.41, 5.74) is 0.851. The second-order valence-electron chi connectivity index (χ2n) is 4.25. The highest BCUT2D eigenvalue weighted by Gasteiger charge is 2.07. The Hall–Kier alpha value is -1.75. The molecule has 0 aliphatic rings. The van der Waals surface area contributed by atoms with Crippen LogP contribution in [0, 0.1) is 5.41 Å². The molecule has 0 bridgehead atoms. The SMILES string of the molecule is COc1cccc(CC(=O)NC(=N)NC(C)C)c1.Cl. The number of hydrogen-bond donors (Lipinski definition) is 3. The van der Waals surface area contributed by atoms with Gasteiger partial charge in [0.1, 0.15) is 5.75 Å². The number of carbonyl (C=O) groups excluding carboxylic acids is 1. The minimum absolute atomic E-state index is 0. The highest BCUT2D eigenvalue weighted by molar-refractivity contribution is 5.96. The van der Waals surface area contributed by atoms with Crippen molar-refractivity contribution in [2.45, 2.75) is 26.3 Å². The second-order valence-corrected chi connectivity index (χ2v) is 4.25. The van der Waals surface area contributed by atoms with Crippen LogP contribution in [0.2, 0.25) is 0 Å². The van der Waals surface area contributed by atoms with Crippen molar-refractivity contribution in [3.8, 4) is 5.75 Å². The average molecular weight is 286 g/mol. The van der Waals surface area contributed by atoms with Crippen molar-refractivity contribution in [3.05, 3.63) is 29.8 Å². The van der Waals surface area contributed by atoms with Crippen LogP contribution in [0.4, 0.5) is 0 Å². The molecule has 1 aromatic carbocycles. The number of hydrogen-bond acceptors (Lipinski definition) is 3. The molecule has 0 saturated carbocycles. The van der Waals surface area contributed by atoms with Crippen molar-refractivity contribution in [2.24, 2.45) is 0 Å². The van der Waals surface area contributed by atoms with E-state index in [2.05, 4.69) is 10.6 Å². The van der Waals surface area contributed by atoms with E-state index in [0.29, 0.717) is 0 Å². The van der Waals surface area contributed by atoms with Gasteiger partial charge in [-0.25, -0.2) is 0 Å². The summed E-state index contributed by atoms with van der Waals surface area (Å²) in [4.78, 5) is 11.7. The van der Waals surface area contributed by atoms with Gasteiger partial charge < -0.3 is 10.1 Å². The number of amides is 1. The molecule has 1 rings (SSSR count). The molecule has 6 heteroatoms. The molecule has 1 amide bonds. The molecule has 0 unspecified atom stereocenters. The first kappa shape index (κ1) is 17.2. The Labute approximate surface area is 119 Å². The summed E-state index contributed by atoms with van der Waals surface area (Å²) in [6.45, 7) is 3.81. The summed E-state index contributed by atoms with van der Waals surface area (Å²) in [6, 6.07) is 7.43. The normalized spacial score (nSPS) is 9.47. The fourth-order valence-electron chi connectivity index (χ4n) is 1.48. The maximum atomic E-state index is 11.7. The van der Waals surface area contributed by atoms with Crippen LogP contribution in [0.1, 0.15) is 19.4 Å². The molecule has 0 heterocycles. The van der Waals surface area contributed by atoms with Crippen molar-refractivity contribution >= 4 is 24.3 Å². The van der Waals surface area contributed by atoms with Gasteiger partial charge in [0.15, 0.2) is 5.96 Å². The molecule has 3 N–H and O–H groups in total. The van der Waals surface area contributed by atoms with E-state index in [0.717, 1.165) is 11.3 Å². The molecule has 0 spiro atoms. The van der Waals surface area contributed by atoms with Gasteiger partial charge in [0, 0.05) is 6.04 Å². The van der Waals surface area contributed by atoms with E-state index >= 15 is 0 Å². The van der Waals surface area contributed by atoms with Crippen LogP contribution in [-0.2, 0) is 11.2 Å². The van der Waals surface area contributed by atoms with E-state index in [1.165, 1.54) is 0 Å². The monoisotopic (exact) mass is 285 g/mol. The highest BCUT2D eigenvalue weighted by Crippen LogP contribution is 2.12. The molecule has 0 fully saturated rings. The van der Waals surface area contributed by atoms with Crippen LogP contribution in [0.15, 0.2) is 24.3 Å². The third kappa shape index (κ3) is 6.67. The van der Waals surface area contributed by atoms with Gasteiger partial charge in [-0.15, -0.1) is 12.4 Å². The Bertz CT molecular complexity index is 436. The molecule has 106 valence electrons. The summed E-state index contributed by atoms with van der Waals surface area (Å²) < 4.78 is 5.08. The lowest BCUT2D eigenvalue weighted by Gasteiger charge is -2.12. The number of methoxy groups -OCH3 is 1. The summed E-state index contributed by atoms with van der Waals surface area (Å²) in [5.74, 6) is 0.523. The van der Waals surface area contributed by atoms with E-state index in [1.807, 2.05) is 32.0 Å². The van der Waals surface area contributed by atoms with Crippen molar-refractivity contribution < 1.29 is 9.53 Å². The minimum Gasteiger partial charge on any atom is -0.497 e. The number of carbonyl (C=O) groups is 1. The molecule has 0 atom stereocenters. The molecule has 0 saturated heterocycles. The lowest BCUT2D eigenvalue weighted by Crippen LogP contribution is -2.43. The van der Waals surface area contributed by atoms with Gasteiger partial charge in [0.05, 0.1) is 13.5 Å². The Kier molecular flexibility index (Phi) is 7.60. The first-order valence-corrected chi connectivity index (χ1v) is 5.79. The van der Waals surface area contributed by atoms with Crippen LogP contribution in [0.3, 0.4) is 0 Å². The molecule has 0 radical (unpaired) electrons. The van der Waals surface area contributed by atoms with E-state index in [-0.39, 0.29) is 36.7 Å². The van der Waals surface area contributed by atoms with Crippen LogP contribution in [-0.4, -0.2) is 25.0 Å². The molecule has 1 aromatic rings. The largest absolute Gasteiger partial charge is 0.497 e. The van der Waals surface area contributed by atoms with Gasteiger partial charge in [0.2, 0.25) is 5.91 Å². The number of nitrogens with one attached hydrogen (secondary N) is 3. The van der Waals surface area contributed by atoms with Crippen molar-refractivity contribution in [1.82, 2.24) is 10.6 Å². The minimum atomic E-state index is -0.221. The Morgan fingerprint density at radius 3 is 2.68 bits per heavy atom. The standard InChI is InChI=1S/C13H19N3O2.ClH/c1-9(2)15-13(14)16-12(17)8-10-5-4-6-11(7-10)18-3;/h4-7,9H,8H2,1-3H3,(H3,14,15,16,17);1H. The maximum Gasteiger partial charge on any atom is 0.231 e. The number of ether oxygens (including phenoxy) is 1. The quantitative estimate of drug-likeness (QED) is 0.582. The van der Waals surface area contributed by atoms with Crippen LogP contribution in [0.25, 0.3) is 0 Å². The summed E-state index contributed by atoms with van der Waals surface area (Å²) in [5, 5.41) is 12.8. The lowest BCUT2D eigenvalue weighted by atomic mass is 10.1. The summed E-state index contributed by atoms with van der Waals surface area (Å²) >= 11 is 0. The Morgan fingerprint density at radius 1 is 1.42 bits per heavy atom. The number of guanidine groups is 1. The third-order valence-corrected chi connectivity index (χ3v) is 2.20. The zero-order chi connectivity index (χ0) is 13.5. The molecule has 0 aromatic heterocycles. The first-order valence-electron chi connectivity index (χ1n) is 5.79. The van der Waals surface area contributed by atoms with Crippen molar-refractivity contribution in [3.63, 3.8) is 0 Å². The zero-order valence-electron chi connectivity index (χ0n) is 11.3. The fourth-order valence-corrected chi connectivity index (χ4v) is 1.48. The van der Waals surface area contributed by atoms with Crippen LogP contribution < -0.4 is 15.4 Å². The van der Waals surface area contributed by atoms with Gasteiger partial charge in [-0.3, -0.25) is 15.5 Å². The molecular formula is C13H20ClN3O2. The van der Waals surface area contributed by atoms with Crippen molar-refractivity contribution in [2.75, 3.05) is 7.11 Å². The second kappa shape index (κ2) is 8.37. The van der Waals surface area contributed by atoms with Gasteiger partial charge in [0.25, 0.3) is 0 Å². The summed E-state index contributed by atoms with van der Waals surface area (Å²) in [6.07, 6.45) is 0.222. The number of rotatable bonds is 4. The van der Waals surface area contributed by atoms with Gasteiger partial charge in [-0.2, -0.15) is 0 Å². The molecular weight excluding hydrogens is 266 g/mol. The highest BCUT2D eigenvalue weighted by atomic mass is 35.5. The van der Waals surface area contributed by atoms with Gasteiger partial charge in [-0.05, 0) is 31.5 Å². The van der Waals surface area contributed by atoms with Crippen molar-refractivity contribution in [1.29, 1.82) is 5.41 Å². The fraction of sp³-hybridized carbons (Fsp3) is 0.385. The topological polar surface area (TPSA) is 74.2 Å². The van der Waals surface area contributed by atoms with E-state index in [4.69, 9.17) is 10.1 Å². The smallest absolute Gasteiger partial charge is 0.231 e. The number of benzene rings is 1. The molecule has 5 nitrogen and oxygen atoms in total. The third-order valence-electron chi connectivity index (χ3n) is 2.20. The predicted octanol–water partition coefficient (Wildman–Crippen LogP) is 1.71. The van der Waals surface area contributed by atoms with E-state index in [9.17, 15) is 4.79 Å². The lowest BCUT2D eigenvalue weighted by molar-refractivity contribution is -0.119. The first-order chi connectivity index (χ1) is 8.51. The number of halogens is 1. The zero-order valence-corrected chi connectivity index (χ0v) is 12.1. The Morgan fingerprint density at radius 2 is 2.11 bits per heavy atom. The maximum absolute atomic E-state index is 11.7. The molecule has 0 aliphatic carbocycles. The average Bonchev–Trinajstić information content (AvgIpc) is 2.27. The van der Waals surface area contributed by atoms with Crippen LogP contribution in [0.5, 0.6) is 5.75 Å².